The minimum Gasteiger partial charge on any atom is -0.314 e. The third-order valence-corrected chi connectivity index (χ3v) is 5.58. The molecule has 2 N–H and O–H groups in total. The lowest BCUT2D eigenvalue weighted by Crippen LogP contribution is -2.28. The summed E-state index contributed by atoms with van der Waals surface area (Å²) in [6.45, 7) is 1.33. The van der Waals surface area contributed by atoms with Gasteiger partial charge in [-0.15, -0.1) is 0 Å². The van der Waals surface area contributed by atoms with Crippen LogP contribution in [-0.4, -0.2) is 28.8 Å². The highest BCUT2D eigenvalue weighted by Gasteiger charge is 2.21. The number of rotatable bonds is 9. The molecular weight excluding hydrogens is 385 g/mol. The van der Waals surface area contributed by atoms with Gasteiger partial charge in [0.25, 0.3) is 12.3 Å². The summed E-state index contributed by atoms with van der Waals surface area (Å²) in [6, 6.07) is 7.38. The molecule has 0 unspecified atom stereocenters. The van der Waals surface area contributed by atoms with Crippen LogP contribution in [0.1, 0.15) is 13.8 Å². The molecule has 0 aromatic heterocycles. The number of anilines is 1. The van der Waals surface area contributed by atoms with E-state index in [0.717, 1.165) is 0 Å². The fourth-order valence-corrected chi connectivity index (χ4v) is 4.29. The quantitative estimate of drug-likeness (QED) is 0.211. The normalized spacial score (nSPS) is 11.5. The molecule has 134 valence electrons. The molecule has 0 aliphatic carbocycles. The topological polar surface area (TPSA) is 122 Å². The van der Waals surface area contributed by atoms with Gasteiger partial charge in [-0.25, -0.2) is 0 Å². The number of nitrogens with one attached hydrogen (secondary N) is 2. The van der Waals surface area contributed by atoms with Crippen molar-refractivity contribution in [2.75, 3.05) is 18.6 Å². The minimum atomic E-state index is -2.85. The van der Waals surface area contributed by atoms with Crippen molar-refractivity contribution in [3.05, 3.63) is 34.4 Å². The Labute approximate surface area is 155 Å². The predicted molar refractivity (Wildman–Crippen MR) is 103 cm³/mol. The molecule has 0 atom stereocenters. The van der Waals surface area contributed by atoms with E-state index in [0.29, 0.717) is 18.9 Å². The van der Waals surface area contributed by atoms with E-state index in [9.17, 15) is 15.4 Å². The van der Waals surface area contributed by atoms with E-state index in [2.05, 4.69) is 15.6 Å². The van der Waals surface area contributed by atoms with Crippen molar-refractivity contribution in [1.29, 1.82) is 5.26 Å². The number of nitriles is 1. The van der Waals surface area contributed by atoms with Crippen molar-refractivity contribution in [3.8, 4) is 6.07 Å². The van der Waals surface area contributed by atoms with E-state index in [4.69, 9.17) is 33.1 Å². The Morgan fingerprint density at radius 3 is 2.36 bits per heavy atom. The molecule has 12 heteroatoms. The fraction of sp³-hybridized carbons (Fsp3) is 0.308. The second-order valence-corrected chi connectivity index (χ2v) is 7.85. The van der Waals surface area contributed by atoms with Gasteiger partial charge >= 0.3 is 0 Å². The third-order valence-electron chi connectivity index (χ3n) is 2.53. The molecule has 25 heavy (non-hydrogen) atoms. The van der Waals surface area contributed by atoms with Crippen LogP contribution in [0.3, 0.4) is 0 Å². The largest absolute Gasteiger partial charge is 0.314 e. The van der Waals surface area contributed by atoms with Crippen LogP contribution in [-0.2, 0) is 20.9 Å². The number of thiocarbonyl (C=S) groups is 1. The first-order valence-corrected chi connectivity index (χ1v) is 10.1. The molecule has 0 saturated heterocycles. The molecule has 0 radical (unpaired) electrons. The molecule has 1 aromatic carbocycles. The van der Waals surface area contributed by atoms with E-state index in [1.54, 1.807) is 13.8 Å². The molecule has 0 spiro atoms. The van der Waals surface area contributed by atoms with E-state index in [1.165, 1.54) is 24.3 Å². The summed E-state index contributed by atoms with van der Waals surface area (Å²) in [4.78, 5) is 10.1. The van der Waals surface area contributed by atoms with Crippen LogP contribution >= 0.6 is 18.9 Å². The smallest absolute Gasteiger partial charge is 0.288 e. The lowest BCUT2D eigenvalue weighted by molar-refractivity contribution is -0.384. The van der Waals surface area contributed by atoms with Crippen LogP contribution in [0.4, 0.5) is 11.4 Å². The van der Waals surface area contributed by atoms with E-state index in [-0.39, 0.29) is 16.4 Å². The average molecular weight is 401 g/mol. The Kier molecular flexibility index (Phi) is 8.54. The van der Waals surface area contributed by atoms with Gasteiger partial charge in [0.15, 0.2) is 5.71 Å². The van der Waals surface area contributed by atoms with E-state index >= 15 is 0 Å². The number of nitro benzene ring substituents is 1. The minimum absolute atomic E-state index is 0.0119. The Bertz CT molecular complexity index is 738. The van der Waals surface area contributed by atoms with Crippen molar-refractivity contribution in [3.63, 3.8) is 0 Å². The summed E-state index contributed by atoms with van der Waals surface area (Å²) in [5.41, 5.74) is 2.88. The maximum Gasteiger partial charge on any atom is 0.288 e. The van der Waals surface area contributed by atoms with Gasteiger partial charge in [0.2, 0.25) is 0 Å². The summed E-state index contributed by atoms with van der Waals surface area (Å²) in [7, 11) is 0. The van der Waals surface area contributed by atoms with Crippen molar-refractivity contribution in [2.24, 2.45) is 5.10 Å². The van der Waals surface area contributed by atoms with Crippen molar-refractivity contribution in [2.45, 2.75) is 13.8 Å². The average Bonchev–Trinajstić information content (AvgIpc) is 2.56. The van der Waals surface area contributed by atoms with Gasteiger partial charge in [-0.2, -0.15) is 10.4 Å². The molecule has 0 bridgehead atoms. The molecule has 9 nitrogen and oxygen atoms in total. The number of benzene rings is 1. The summed E-state index contributed by atoms with van der Waals surface area (Å²) < 4.78 is 10.8. The van der Waals surface area contributed by atoms with Crippen LogP contribution < -0.4 is 10.5 Å². The zero-order valence-corrected chi connectivity index (χ0v) is 16.0. The predicted octanol–water partition coefficient (Wildman–Crippen LogP) is 3.10. The van der Waals surface area contributed by atoms with Gasteiger partial charge in [0, 0.05) is 12.1 Å². The summed E-state index contributed by atoms with van der Waals surface area (Å²) in [6.07, 6.45) is 0. The second-order valence-electron chi connectivity index (χ2n) is 4.26. The molecule has 1 rings (SSSR count). The van der Waals surface area contributed by atoms with Gasteiger partial charge in [-0.1, -0.05) is 12.2 Å². The van der Waals surface area contributed by atoms with Crippen LogP contribution in [0.25, 0.3) is 0 Å². The number of hydrogen-bond donors (Lipinski definition) is 2. The molecule has 0 fully saturated rings. The van der Waals surface area contributed by atoms with Gasteiger partial charge < -0.3 is 14.1 Å². The first-order chi connectivity index (χ1) is 11.8. The van der Waals surface area contributed by atoms with Crippen molar-refractivity contribution in [1.82, 2.24) is 5.09 Å². The Morgan fingerprint density at radius 2 is 1.92 bits per heavy atom. The molecule has 1 aromatic rings. The fourth-order valence-electron chi connectivity index (χ4n) is 1.52. The van der Waals surface area contributed by atoms with Gasteiger partial charge in [0.05, 0.1) is 23.8 Å². The monoisotopic (exact) mass is 401 g/mol. The lowest BCUT2D eigenvalue weighted by Gasteiger charge is -2.22. The maximum absolute atomic E-state index is 10.6. The highest BCUT2D eigenvalue weighted by Crippen LogP contribution is 2.43. The Morgan fingerprint density at radius 1 is 1.36 bits per heavy atom. The van der Waals surface area contributed by atoms with Crippen molar-refractivity contribution >= 4 is 52.7 Å². The first-order valence-electron chi connectivity index (χ1n) is 7.05. The van der Waals surface area contributed by atoms with Gasteiger partial charge in [-0.3, -0.25) is 15.5 Å². The van der Waals surface area contributed by atoms with Crippen LogP contribution in [0.2, 0.25) is 0 Å². The number of hydrazone groups is 1. The highest BCUT2D eigenvalue weighted by molar-refractivity contribution is 8.09. The lowest BCUT2D eigenvalue weighted by atomic mass is 10.3. The van der Waals surface area contributed by atoms with Crippen LogP contribution in [0.15, 0.2) is 29.4 Å². The number of nitrogens with zero attached hydrogens (tertiary/aromatic N) is 3. The zero-order valence-electron chi connectivity index (χ0n) is 13.5. The molecule has 0 aliphatic rings. The highest BCUT2D eigenvalue weighted by atomic mass is 32.5. The molecular formula is C13H16N5O4PS2. The van der Waals surface area contributed by atoms with Gasteiger partial charge in [-0.05, 0) is 37.8 Å². The van der Waals surface area contributed by atoms with Crippen LogP contribution in [0, 0.1) is 21.4 Å². The third kappa shape index (κ3) is 6.81. The number of hydrogen-bond acceptors (Lipinski definition) is 9. The SMILES string of the molecule is CCOP(=S)(NC(=S)C(C#N)=NNc1ccc([N+](=O)[O-])cc1)OCC. The summed E-state index contributed by atoms with van der Waals surface area (Å²) in [5, 5.41) is 26.4. The Hall–Kier alpha value is -1.96. The number of non-ortho nitro benzene ring substituents is 1. The van der Waals surface area contributed by atoms with Gasteiger partial charge in [0.1, 0.15) is 11.1 Å². The van der Waals surface area contributed by atoms with E-state index < -0.39 is 11.6 Å². The maximum atomic E-state index is 10.6. The summed E-state index contributed by atoms with van der Waals surface area (Å²) >= 11 is 10.4. The summed E-state index contributed by atoms with van der Waals surface area (Å²) in [5.74, 6) is 0. The van der Waals surface area contributed by atoms with E-state index in [1.807, 2.05) is 6.07 Å². The van der Waals surface area contributed by atoms with Crippen molar-refractivity contribution < 1.29 is 14.0 Å². The molecule has 0 amide bonds. The second kappa shape index (κ2) is 10.1. The first kappa shape index (κ1) is 21.1. The number of nitro groups is 1. The zero-order chi connectivity index (χ0) is 18.9. The Balaban J connectivity index is 2.84. The van der Waals surface area contributed by atoms with Crippen LogP contribution in [0.5, 0.6) is 0 Å². The molecule has 0 aliphatic heterocycles. The molecule has 0 saturated carbocycles. The molecule has 0 heterocycles. The standard InChI is InChI=1S/C13H16N5O4PS2/c1-3-21-23(25,22-4-2)17-13(24)12(9-14)16-15-10-5-7-11(8-6-10)18(19)20/h5-8,15H,3-4H2,1-2H3,(H,17,24,25).